The van der Waals surface area contributed by atoms with E-state index in [1.807, 2.05) is 0 Å². The molecule has 0 unspecified atom stereocenters. The van der Waals surface area contributed by atoms with Crippen molar-refractivity contribution in [3.05, 3.63) is 62.8 Å². The minimum absolute atomic E-state index is 0.0416. The van der Waals surface area contributed by atoms with Gasteiger partial charge in [-0.05, 0) is 24.1 Å². The highest BCUT2D eigenvalue weighted by atomic mass is 19.1. The fraction of sp³-hybridized carbons (Fsp3) is 0.278. The minimum Gasteiger partial charge on any atom is -0.502 e. The molecule has 1 aromatic heterocycles. The lowest BCUT2D eigenvalue weighted by atomic mass is 9.96. The standard InChI is InChI=1S/C18H17FN2O5/c1-20-14(18(25)26-2)12-7-8-21(9-10-3-5-11(19)6-4-10)16(23)13(12)15(22)17(20)24/h3-6,22H,7-9H2,1-2H3. The van der Waals surface area contributed by atoms with Crippen LogP contribution in [-0.4, -0.2) is 40.1 Å². The lowest BCUT2D eigenvalue weighted by Crippen LogP contribution is -2.41. The third-order valence-electron chi connectivity index (χ3n) is 4.47. The first-order chi connectivity index (χ1) is 12.3. The molecule has 0 saturated carbocycles. The number of aromatic hydroxyl groups is 1. The van der Waals surface area contributed by atoms with Crippen LogP contribution in [0.2, 0.25) is 0 Å². The number of pyridine rings is 1. The van der Waals surface area contributed by atoms with Gasteiger partial charge in [0.25, 0.3) is 11.5 Å². The van der Waals surface area contributed by atoms with Crippen LogP contribution in [0.3, 0.4) is 0 Å². The van der Waals surface area contributed by atoms with Crippen LogP contribution in [0.25, 0.3) is 0 Å². The monoisotopic (exact) mass is 360 g/mol. The lowest BCUT2D eigenvalue weighted by Gasteiger charge is -2.30. The Morgan fingerprint density at radius 1 is 1.27 bits per heavy atom. The SMILES string of the molecule is COC(=O)c1c2c(c(O)c(=O)n1C)C(=O)N(Cc1ccc(F)cc1)CC2. The van der Waals surface area contributed by atoms with Gasteiger partial charge in [-0.25, -0.2) is 9.18 Å². The number of fused-ring (bicyclic) bond motifs is 1. The second-order valence-electron chi connectivity index (χ2n) is 6.01. The summed E-state index contributed by atoms with van der Waals surface area (Å²) < 4.78 is 18.7. The number of carbonyl (C=O) groups is 2. The van der Waals surface area contributed by atoms with E-state index in [0.29, 0.717) is 5.56 Å². The molecule has 3 rings (SSSR count). The van der Waals surface area contributed by atoms with Gasteiger partial charge in [0.1, 0.15) is 11.5 Å². The maximum Gasteiger partial charge on any atom is 0.355 e. The van der Waals surface area contributed by atoms with Crippen LogP contribution < -0.4 is 5.56 Å². The lowest BCUT2D eigenvalue weighted by molar-refractivity contribution is 0.0584. The molecule has 1 aliphatic rings. The molecule has 0 saturated heterocycles. The average molecular weight is 360 g/mol. The van der Waals surface area contributed by atoms with Crippen LogP contribution in [0.4, 0.5) is 4.39 Å². The van der Waals surface area contributed by atoms with Gasteiger partial charge in [0.15, 0.2) is 5.75 Å². The van der Waals surface area contributed by atoms with Gasteiger partial charge in [0.2, 0.25) is 0 Å². The molecule has 2 heterocycles. The molecule has 1 amide bonds. The molecular weight excluding hydrogens is 343 g/mol. The van der Waals surface area contributed by atoms with Crippen molar-refractivity contribution >= 4 is 11.9 Å². The van der Waals surface area contributed by atoms with E-state index < -0.39 is 23.2 Å². The quantitative estimate of drug-likeness (QED) is 0.832. The molecule has 7 nitrogen and oxygen atoms in total. The first-order valence-corrected chi connectivity index (χ1v) is 7.92. The Hall–Kier alpha value is -3.16. The molecule has 0 spiro atoms. The third-order valence-corrected chi connectivity index (χ3v) is 4.47. The number of halogens is 1. The van der Waals surface area contributed by atoms with Gasteiger partial charge < -0.3 is 19.3 Å². The molecule has 0 fully saturated rings. The Morgan fingerprint density at radius 2 is 1.92 bits per heavy atom. The van der Waals surface area contributed by atoms with Crippen LogP contribution in [0, 0.1) is 5.82 Å². The normalized spacial score (nSPS) is 13.5. The number of ether oxygens (including phenoxy) is 1. The van der Waals surface area contributed by atoms with Crippen LogP contribution in [0.1, 0.15) is 32.0 Å². The molecule has 1 aliphatic heterocycles. The van der Waals surface area contributed by atoms with Gasteiger partial charge in [-0.2, -0.15) is 0 Å². The van der Waals surface area contributed by atoms with E-state index in [4.69, 9.17) is 4.74 Å². The highest BCUT2D eigenvalue weighted by molar-refractivity contribution is 6.02. The van der Waals surface area contributed by atoms with Crippen LogP contribution >= 0.6 is 0 Å². The van der Waals surface area contributed by atoms with Crippen LogP contribution in [0.5, 0.6) is 5.75 Å². The molecule has 0 aliphatic carbocycles. The number of carbonyl (C=O) groups excluding carboxylic acids is 2. The molecule has 1 N–H and O–H groups in total. The van der Waals surface area contributed by atoms with Gasteiger partial charge in [-0.3, -0.25) is 9.59 Å². The van der Waals surface area contributed by atoms with E-state index >= 15 is 0 Å². The summed E-state index contributed by atoms with van der Waals surface area (Å²) in [7, 11) is 2.52. The van der Waals surface area contributed by atoms with E-state index in [2.05, 4.69) is 0 Å². The van der Waals surface area contributed by atoms with E-state index in [1.54, 1.807) is 12.1 Å². The topological polar surface area (TPSA) is 88.8 Å². The summed E-state index contributed by atoms with van der Waals surface area (Å²) in [6.45, 7) is 0.478. The van der Waals surface area contributed by atoms with Crippen molar-refractivity contribution in [2.24, 2.45) is 7.05 Å². The number of methoxy groups -OCH3 is 1. The molecule has 0 atom stereocenters. The summed E-state index contributed by atoms with van der Waals surface area (Å²) in [4.78, 5) is 38.5. The Morgan fingerprint density at radius 3 is 2.54 bits per heavy atom. The third kappa shape index (κ3) is 2.83. The molecule has 0 bridgehead atoms. The summed E-state index contributed by atoms with van der Waals surface area (Å²) in [5, 5.41) is 10.2. The summed E-state index contributed by atoms with van der Waals surface area (Å²) in [6.07, 6.45) is 0.272. The molecule has 2 aromatic rings. The van der Waals surface area contributed by atoms with Crippen molar-refractivity contribution < 1.29 is 23.8 Å². The molecule has 136 valence electrons. The van der Waals surface area contributed by atoms with E-state index in [0.717, 1.165) is 4.57 Å². The predicted molar refractivity (Wildman–Crippen MR) is 89.5 cm³/mol. The number of benzene rings is 1. The van der Waals surface area contributed by atoms with Crippen molar-refractivity contribution in [2.75, 3.05) is 13.7 Å². The number of hydrogen-bond donors (Lipinski definition) is 1. The summed E-state index contributed by atoms with van der Waals surface area (Å²) in [5.74, 6) is -2.38. The van der Waals surface area contributed by atoms with Gasteiger partial charge >= 0.3 is 5.97 Å². The fourth-order valence-electron chi connectivity index (χ4n) is 3.13. The summed E-state index contributed by atoms with van der Waals surface area (Å²) >= 11 is 0. The number of esters is 1. The predicted octanol–water partition coefficient (Wildman–Crippen LogP) is 1.22. The Labute approximate surface area is 148 Å². The average Bonchev–Trinajstić information content (AvgIpc) is 2.63. The number of nitrogens with zero attached hydrogens (tertiary/aromatic N) is 2. The van der Waals surface area contributed by atoms with Crippen molar-refractivity contribution in [3.8, 4) is 5.75 Å². The van der Waals surface area contributed by atoms with Gasteiger partial charge in [-0.15, -0.1) is 0 Å². The Balaban J connectivity index is 2.04. The zero-order valence-corrected chi connectivity index (χ0v) is 14.3. The highest BCUT2D eigenvalue weighted by Gasteiger charge is 2.34. The first kappa shape index (κ1) is 17.7. The second-order valence-corrected chi connectivity index (χ2v) is 6.01. The molecule has 8 heteroatoms. The zero-order chi connectivity index (χ0) is 19.0. The van der Waals surface area contributed by atoms with E-state index in [9.17, 15) is 23.9 Å². The van der Waals surface area contributed by atoms with Crippen molar-refractivity contribution in [2.45, 2.75) is 13.0 Å². The van der Waals surface area contributed by atoms with Crippen LogP contribution in [-0.2, 0) is 24.8 Å². The second kappa shape index (κ2) is 6.62. The Kier molecular flexibility index (Phi) is 4.50. The van der Waals surface area contributed by atoms with Crippen molar-refractivity contribution in [1.82, 2.24) is 9.47 Å². The maximum absolute atomic E-state index is 13.0. The van der Waals surface area contributed by atoms with Crippen molar-refractivity contribution in [1.29, 1.82) is 0 Å². The molecule has 26 heavy (non-hydrogen) atoms. The Bertz CT molecular complexity index is 950. The van der Waals surface area contributed by atoms with Gasteiger partial charge in [0.05, 0.1) is 12.7 Å². The van der Waals surface area contributed by atoms with Crippen LogP contribution in [0.15, 0.2) is 29.1 Å². The van der Waals surface area contributed by atoms with E-state index in [1.165, 1.54) is 31.2 Å². The number of rotatable bonds is 3. The maximum atomic E-state index is 13.0. The smallest absolute Gasteiger partial charge is 0.355 e. The first-order valence-electron chi connectivity index (χ1n) is 7.92. The summed E-state index contributed by atoms with van der Waals surface area (Å²) in [6, 6.07) is 5.70. The highest BCUT2D eigenvalue weighted by Crippen LogP contribution is 2.28. The molecule has 0 radical (unpaired) electrons. The molecule has 1 aromatic carbocycles. The summed E-state index contributed by atoms with van der Waals surface area (Å²) in [5.41, 5.74) is -0.0698. The zero-order valence-electron chi connectivity index (χ0n) is 14.3. The van der Waals surface area contributed by atoms with Gasteiger partial charge in [0, 0.05) is 25.7 Å². The fourth-order valence-corrected chi connectivity index (χ4v) is 3.13. The largest absolute Gasteiger partial charge is 0.502 e. The van der Waals surface area contributed by atoms with Gasteiger partial charge in [-0.1, -0.05) is 12.1 Å². The number of hydrogen-bond acceptors (Lipinski definition) is 5. The van der Waals surface area contributed by atoms with E-state index in [-0.39, 0.29) is 42.1 Å². The number of amides is 1. The minimum atomic E-state index is -0.846. The van der Waals surface area contributed by atoms with Crippen molar-refractivity contribution in [3.63, 3.8) is 0 Å². The number of aromatic nitrogens is 1. The molecular formula is C18H17FN2O5.